The van der Waals surface area contributed by atoms with Crippen molar-refractivity contribution >= 4 is 11.6 Å². The highest BCUT2D eigenvalue weighted by Gasteiger charge is 2.25. The van der Waals surface area contributed by atoms with E-state index in [4.69, 9.17) is 11.6 Å². The van der Waals surface area contributed by atoms with Crippen molar-refractivity contribution in [1.82, 2.24) is 5.32 Å². The maximum Gasteiger partial charge on any atom is 0.401 e. The van der Waals surface area contributed by atoms with Crippen molar-refractivity contribution in [3.63, 3.8) is 0 Å². The van der Waals surface area contributed by atoms with Gasteiger partial charge in [0.05, 0.1) is 6.54 Å². The number of rotatable bonds is 4. The summed E-state index contributed by atoms with van der Waals surface area (Å²) < 4.78 is 35.3. The molecular weight excluding hydrogens is 227 g/mol. The molecule has 1 rings (SSSR count). The van der Waals surface area contributed by atoms with Crippen molar-refractivity contribution < 1.29 is 13.2 Å². The van der Waals surface area contributed by atoms with E-state index in [0.717, 1.165) is 5.56 Å². The van der Waals surface area contributed by atoms with Crippen molar-refractivity contribution in [3.05, 3.63) is 34.9 Å². The van der Waals surface area contributed by atoms with Crippen molar-refractivity contribution in [2.45, 2.75) is 12.6 Å². The average molecular weight is 238 g/mol. The van der Waals surface area contributed by atoms with Crippen molar-refractivity contribution in [2.24, 2.45) is 0 Å². The highest BCUT2D eigenvalue weighted by molar-refractivity contribution is 6.30. The molecule has 1 nitrogen and oxygen atoms in total. The smallest absolute Gasteiger partial charge is 0.308 e. The Hall–Kier alpha value is -0.740. The lowest BCUT2D eigenvalue weighted by Crippen LogP contribution is -2.30. The minimum absolute atomic E-state index is 0.307. The highest BCUT2D eigenvalue weighted by atomic mass is 35.5. The first-order valence-corrected chi connectivity index (χ1v) is 4.87. The summed E-state index contributed by atoms with van der Waals surface area (Å²) in [6.07, 6.45) is -3.58. The molecule has 1 N–H and O–H groups in total. The predicted octanol–water partition coefficient (Wildman–Crippen LogP) is 3.03. The van der Waals surface area contributed by atoms with Crippen LogP contribution in [0.2, 0.25) is 5.02 Å². The molecule has 5 heteroatoms. The standard InChI is InChI=1S/C10H11ClF3N/c11-9-3-1-8(2-4-9)5-6-15-7-10(12,13)14/h1-4,15H,5-7H2. The number of alkyl halides is 3. The van der Waals surface area contributed by atoms with Gasteiger partial charge in [-0.3, -0.25) is 0 Å². The van der Waals surface area contributed by atoms with E-state index < -0.39 is 12.7 Å². The Labute approximate surface area is 91.2 Å². The molecule has 0 fully saturated rings. The normalized spacial score (nSPS) is 11.7. The highest BCUT2D eigenvalue weighted by Crippen LogP contribution is 2.12. The van der Waals surface area contributed by atoms with Crippen molar-refractivity contribution in [3.8, 4) is 0 Å². The van der Waals surface area contributed by atoms with E-state index in [9.17, 15) is 13.2 Å². The predicted molar refractivity (Wildman–Crippen MR) is 54.1 cm³/mol. The van der Waals surface area contributed by atoms with Crippen LogP contribution in [-0.2, 0) is 6.42 Å². The van der Waals surface area contributed by atoms with Crippen LogP contribution in [0.25, 0.3) is 0 Å². The summed E-state index contributed by atoms with van der Waals surface area (Å²) in [6, 6.07) is 7.05. The van der Waals surface area contributed by atoms with Crippen LogP contribution in [-0.4, -0.2) is 19.3 Å². The number of nitrogens with one attached hydrogen (secondary N) is 1. The van der Waals surface area contributed by atoms with Gasteiger partial charge in [-0.2, -0.15) is 13.2 Å². The summed E-state index contributed by atoms with van der Waals surface area (Å²) in [7, 11) is 0. The SMILES string of the molecule is FC(F)(F)CNCCc1ccc(Cl)cc1. The molecule has 1 aromatic rings. The van der Waals surface area contributed by atoms with E-state index in [1.807, 2.05) is 0 Å². The largest absolute Gasteiger partial charge is 0.401 e. The molecule has 15 heavy (non-hydrogen) atoms. The molecule has 0 saturated carbocycles. The number of hydrogen-bond donors (Lipinski definition) is 1. The molecule has 84 valence electrons. The second-order valence-electron chi connectivity index (χ2n) is 3.17. The Morgan fingerprint density at radius 1 is 1.13 bits per heavy atom. The van der Waals surface area contributed by atoms with Gasteiger partial charge in [-0.1, -0.05) is 23.7 Å². The van der Waals surface area contributed by atoms with Gasteiger partial charge in [-0.25, -0.2) is 0 Å². The quantitative estimate of drug-likeness (QED) is 0.794. The molecule has 0 bridgehead atoms. The minimum atomic E-state index is -4.14. The van der Waals surface area contributed by atoms with Gasteiger partial charge < -0.3 is 5.32 Å². The Kier molecular flexibility index (Phi) is 4.42. The maximum absolute atomic E-state index is 11.8. The summed E-state index contributed by atoms with van der Waals surface area (Å²) in [4.78, 5) is 0. The fraction of sp³-hybridized carbons (Fsp3) is 0.400. The van der Waals surface area contributed by atoms with Gasteiger partial charge >= 0.3 is 6.18 Å². The van der Waals surface area contributed by atoms with Crippen LogP contribution >= 0.6 is 11.6 Å². The molecule has 0 atom stereocenters. The van der Waals surface area contributed by atoms with Gasteiger partial charge in [-0.15, -0.1) is 0 Å². The Bertz CT molecular complexity index is 295. The topological polar surface area (TPSA) is 12.0 Å². The van der Waals surface area contributed by atoms with Gasteiger partial charge in [0.1, 0.15) is 0 Å². The molecule has 0 saturated heterocycles. The average Bonchev–Trinajstić information content (AvgIpc) is 2.14. The van der Waals surface area contributed by atoms with E-state index in [0.29, 0.717) is 18.0 Å². The summed E-state index contributed by atoms with van der Waals surface area (Å²) in [5.41, 5.74) is 0.967. The monoisotopic (exact) mass is 237 g/mol. The van der Waals surface area contributed by atoms with Gasteiger partial charge in [0.25, 0.3) is 0 Å². The zero-order valence-electron chi connectivity index (χ0n) is 7.94. The minimum Gasteiger partial charge on any atom is -0.308 e. The van der Waals surface area contributed by atoms with Crippen LogP contribution in [0.5, 0.6) is 0 Å². The molecule has 0 aliphatic carbocycles. The third-order valence-corrected chi connectivity index (χ3v) is 2.08. The van der Waals surface area contributed by atoms with Crippen LogP contribution in [0.1, 0.15) is 5.56 Å². The van der Waals surface area contributed by atoms with Crippen LogP contribution in [0.3, 0.4) is 0 Å². The van der Waals surface area contributed by atoms with E-state index in [2.05, 4.69) is 5.32 Å². The third-order valence-electron chi connectivity index (χ3n) is 1.83. The lowest BCUT2D eigenvalue weighted by molar-refractivity contribution is -0.124. The Morgan fingerprint density at radius 3 is 2.27 bits per heavy atom. The maximum atomic E-state index is 11.8. The fourth-order valence-corrected chi connectivity index (χ4v) is 1.24. The lowest BCUT2D eigenvalue weighted by Gasteiger charge is -2.07. The zero-order valence-corrected chi connectivity index (χ0v) is 8.70. The van der Waals surface area contributed by atoms with Crippen LogP contribution in [0.4, 0.5) is 13.2 Å². The molecule has 0 spiro atoms. The molecule has 0 unspecified atom stereocenters. The first-order chi connectivity index (χ1) is 6.97. The summed E-state index contributed by atoms with van der Waals surface area (Å²) in [5, 5.41) is 2.96. The van der Waals surface area contributed by atoms with Crippen LogP contribution in [0, 0.1) is 0 Å². The Balaban J connectivity index is 2.23. The molecule has 1 aromatic carbocycles. The Morgan fingerprint density at radius 2 is 1.73 bits per heavy atom. The number of hydrogen-bond acceptors (Lipinski definition) is 1. The van der Waals surface area contributed by atoms with Crippen LogP contribution in [0.15, 0.2) is 24.3 Å². The lowest BCUT2D eigenvalue weighted by atomic mass is 10.1. The van der Waals surface area contributed by atoms with Gasteiger partial charge in [-0.05, 0) is 30.7 Å². The third kappa shape index (κ3) is 5.64. The first-order valence-electron chi connectivity index (χ1n) is 4.49. The first kappa shape index (κ1) is 12.3. The molecular formula is C10H11ClF3N. The summed E-state index contributed by atoms with van der Waals surface area (Å²) in [5.74, 6) is 0. The molecule has 0 aromatic heterocycles. The molecule has 0 radical (unpaired) electrons. The molecule has 0 amide bonds. The zero-order chi connectivity index (χ0) is 11.3. The van der Waals surface area contributed by atoms with Crippen LogP contribution < -0.4 is 5.32 Å². The summed E-state index contributed by atoms with van der Waals surface area (Å²) >= 11 is 5.67. The number of benzene rings is 1. The molecule has 0 aliphatic heterocycles. The van der Waals surface area contributed by atoms with E-state index >= 15 is 0 Å². The van der Waals surface area contributed by atoms with Gasteiger partial charge in [0.2, 0.25) is 0 Å². The van der Waals surface area contributed by atoms with Crippen molar-refractivity contribution in [2.75, 3.05) is 13.1 Å². The van der Waals surface area contributed by atoms with E-state index in [-0.39, 0.29) is 0 Å². The number of halogens is 4. The molecule has 0 heterocycles. The van der Waals surface area contributed by atoms with E-state index in [1.54, 1.807) is 24.3 Å². The van der Waals surface area contributed by atoms with Crippen molar-refractivity contribution in [1.29, 1.82) is 0 Å². The van der Waals surface area contributed by atoms with E-state index in [1.165, 1.54) is 0 Å². The second kappa shape index (κ2) is 5.37. The summed E-state index contributed by atoms with van der Waals surface area (Å²) in [6.45, 7) is -0.637. The van der Waals surface area contributed by atoms with Gasteiger partial charge in [0.15, 0.2) is 0 Å². The second-order valence-corrected chi connectivity index (χ2v) is 3.60. The van der Waals surface area contributed by atoms with Gasteiger partial charge in [0, 0.05) is 5.02 Å². The molecule has 0 aliphatic rings. The fourth-order valence-electron chi connectivity index (χ4n) is 1.11.